The quantitative estimate of drug-likeness (QED) is 0.282. The van der Waals surface area contributed by atoms with E-state index in [1.165, 1.54) is 0 Å². The molecule has 0 aromatic heterocycles. The number of nitrogens with zero attached hydrogens (tertiary/aromatic N) is 2. The summed E-state index contributed by atoms with van der Waals surface area (Å²) in [5, 5.41) is 23.0. The molecule has 1 fully saturated rings. The van der Waals surface area contributed by atoms with Gasteiger partial charge >= 0.3 is 0 Å². The number of hydrogen-bond donors (Lipinski definition) is 1. The van der Waals surface area contributed by atoms with Crippen LogP contribution in [0.1, 0.15) is 27.7 Å². The van der Waals surface area contributed by atoms with Gasteiger partial charge < -0.3 is 9.74 Å². The lowest BCUT2D eigenvalue weighted by atomic mass is 9.96. The number of carbonyl (C=O) groups excluding carboxylic acids is 1. The molecule has 3 atom stereocenters. The van der Waals surface area contributed by atoms with Crippen LogP contribution in [0.15, 0.2) is 23.1 Å². The van der Waals surface area contributed by atoms with E-state index < -0.39 is 67.6 Å². The van der Waals surface area contributed by atoms with Crippen molar-refractivity contribution in [1.29, 1.82) is 0 Å². The normalized spacial score (nSPS) is 20.8. The first-order valence-electron chi connectivity index (χ1n) is 9.15. The highest BCUT2D eigenvalue weighted by Crippen LogP contribution is 2.41. The first-order chi connectivity index (χ1) is 13.5. The maximum Gasteiger partial charge on any atom is 0.294 e. The molecule has 11 nitrogen and oxygen atoms in total. The first-order valence-corrected chi connectivity index (χ1v) is 13.6. The van der Waals surface area contributed by atoms with Gasteiger partial charge in [0, 0.05) is 6.07 Å². The van der Waals surface area contributed by atoms with E-state index in [0.717, 1.165) is 12.1 Å². The van der Waals surface area contributed by atoms with Crippen LogP contribution in [0.5, 0.6) is 0 Å². The molecule has 2 rings (SSSR count). The molecule has 1 aliphatic heterocycles. The number of amides is 1. The van der Waals surface area contributed by atoms with Gasteiger partial charge in [0.15, 0.2) is 13.7 Å². The van der Waals surface area contributed by atoms with Crippen LogP contribution in [-0.2, 0) is 19.1 Å². The minimum atomic E-state index is -4.40. The first kappa shape index (κ1) is 23.9. The molecule has 1 saturated heterocycles. The molecular formula is C17H25N3O8SSi. The predicted molar refractivity (Wildman–Crippen MR) is 110 cm³/mol. The molecular weight excluding hydrogens is 434 g/mol. The summed E-state index contributed by atoms with van der Waals surface area (Å²) in [6.07, 6.45) is -0.739. The van der Waals surface area contributed by atoms with Crippen molar-refractivity contribution in [2.45, 2.75) is 62.2 Å². The van der Waals surface area contributed by atoms with Crippen molar-refractivity contribution in [1.82, 2.24) is 5.32 Å². The lowest BCUT2D eigenvalue weighted by molar-refractivity contribution is -0.396. The van der Waals surface area contributed by atoms with E-state index in [2.05, 4.69) is 5.32 Å². The average Bonchev–Trinajstić information content (AvgIpc) is 2.57. The second-order valence-electron chi connectivity index (χ2n) is 8.75. The highest BCUT2D eigenvalue weighted by Gasteiger charge is 2.54. The summed E-state index contributed by atoms with van der Waals surface area (Å²) in [7, 11) is -6.72. The molecule has 0 saturated carbocycles. The second kappa shape index (κ2) is 7.70. The minimum absolute atomic E-state index is 0.174. The van der Waals surface area contributed by atoms with Gasteiger partial charge in [0.2, 0.25) is 15.7 Å². The maximum absolute atomic E-state index is 13.1. The van der Waals surface area contributed by atoms with E-state index in [1.54, 1.807) is 6.92 Å². The van der Waals surface area contributed by atoms with Crippen LogP contribution in [0.3, 0.4) is 0 Å². The maximum atomic E-state index is 13.1. The van der Waals surface area contributed by atoms with Crippen molar-refractivity contribution in [3.05, 3.63) is 38.4 Å². The summed E-state index contributed by atoms with van der Waals surface area (Å²) in [4.78, 5) is 31.9. The molecule has 166 valence electrons. The van der Waals surface area contributed by atoms with E-state index in [1.807, 2.05) is 33.9 Å². The number of nitro groups is 2. The Labute approximate surface area is 175 Å². The molecule has 0 aliphatic carbocycles. The summed E-state index contributed by atoms with van der Waals surface area (Å²) in [6.45, 7) is 11.5. The van der Waals surface area contributed by atoms with Crippen LogP contribution in [-0.4, -0.2) is 44.0 Å². The zero-order valence-corrected chi connectivity index (χ0v) is 19.3. The van der Waals surface area contributed by atoms with Crippen LogP contribution >= 0.6 is 0 Å². The number of rotatable bonds is 7. The Morgan fingerprint density at radius 1 is 1.17 bits per heavy atom. The molecule has 1 heterocycles. The number of non-ortho nitro benzene ring substituents is 1. The standard InChI is InChI=1S/C17H25N3O8SSi/c1-10(28-30(5,6)17(2,3)4)14-15(21)18-16(14)29(26,27)13-8-7-11(19(22)23)9-12(13)20(24)25/h7-10,14,16H,1-6H3,(H,18,21)/t10-,14-,16-/m1/s1. The van der Waals surface area contributed by atoms with Crippen LogP contribution in [0, 0.1) is 26.1 Å². The highest BCUT2D eigenvalue weighted by atomic mass is 32.2. The van der Waals surface area contributed by atoms with Crippen molar-refractivity contribution in [2.75, 3.05) is 0 Å². The van der Waals surface area contributed by atoms with E-state index in [-0.39, 0.29) is 5.04 Å². The van der Waals surface area contributed by atoms with Gasteiger partial charge in [-0.2, -0.15) is 0 Å². The number of benzene rings is 1. The second-order valence-corrected chi connectivity index (χ2v) is 15.5. The fraction of sp³-hybridized carbons (Fsp3) is 0.588. The zero-order valence-electron chi connectivity index (χ0n) is 17.5. The Balaban J connectivity index is 2.42. The van der Waals surface area contributed by atoms with Crippen LogP contribution in [0.4, 0.5) is 11.4 Å². The number of hydrogen-bond acceptors (Lipinski definition) is 8. The molecule has 0 unspecified atom stereocenters. The Morgan fingerprint density at radius 3 is 2.17 bits per heavy atom. The van der Waals surface area contributed by atoms with Crippen LogP contribution < -0.4 is 5.32 Å². The third kappa shape index (κ3) is 4.22. The van der Waals surface area contributed by atoms with Gasteiger partial charge in [0.1, 0.15) is 4.90 Å². The molecule has 0 spiro atoms. The third-order valence-corrected chi connectivity index (χ3v) is 12.3. The summed E-state index contributed by atoms with van der Waals surface area (Å²) in [6, 6.07) is 2.30. The Bertz CT molecular complexity index is 1000. The van der Waals surface area contributed by atoms with Crippen molar-refractivity contribution in [3.8, 4) is 0 Å². The van der Waals surface area contributed by atoms with Gasteiger partial charge in [-0.25, -0.2) is 8.42 Å². The van der Waals surface area contributed by atoms with Gasteiger partial charge in [0.05, 0.1) is 27.9 Å². The predicted octanol–water partition coefficient (Wildman–Crippen LogP) is 2.76. The summed E-state index contributed by atoms with van der Waals surface area (Å²) >= 11 is 0. The summed E-state index contributed by atoms with van der Waals surface area (Å²) in [5.41, 5.74) is -1.52. The number of sulfone groups is 1. The summed E-state index contributed by atoms with van der Waals surface area (Å²) < 4.78 is 32.4. The minimum Gasteiger partial charge on any atom is -0.413 e. The third-order valence-electron chi connectivity index (χ3n) is 5.70. The average molecular weight is 460 g/mol. The number of carbonyl (C=O) groups is 1. The molecule has 0 bridgehead atoms. The molecule has 1 aromatic rings. The van der Waals surface area contributed by atoms with Crippen molar-refractivity contribution in [2.24, 2.45) is 5.92 Å². The van der Waals surface area contributed by atoms with Crippen LogP contribution in [0.2, 0.25) is 18.1 Å². The molecule has 1 amide bonds. The van der Waals surface area contributed by atoms with Gasteiger partial charge in [-0.05, 0) is 31.1 Å². The lowest BCUT2D eigenvalue weighted by Crippen LogP contribution is -2.66. The van der Waals surface area contributed by atoms with Gasteiger partial charge in [-0.1, -0.05) is 20.8 Å². The van der Waals surface area contributed by atoms with Crippen LogP contribution in [0.25, 0.3) is 0 Å². The molecule has 13 heteroatoms. The highest BCUT2D eigenvalue weighted by molar-refractivity contribution is 7.92. The molecule has 0 radical (unpaired) electrons. The Hall–Kier alpha value is -2.38. The van der Waals surface area contributed by atoms with Crippen molar-refractivity contribution < 1.29 is 27.5 Å². The lowest BCUT2D eigenvalue weighted by Gasteiger charge is -2.44. The van der Waals surface area contributed by atoms with E-state index in [9.17, 15) is 33.4 Å². The van der Waals surface area contributed by atoms with E-state index >= 15 is 0 Å². The topological polar surface area (TPSA) is 159 Å². The number of nitrogens with one attached hydrogen (secondary N) is 1. The van der Waals surface area contributed by atoms with Gasteiger partial charge in [-0.15, -0.1) is 0 Å². The van der Waals surface area contributed by atoms with E-state index in [4.69, 9.17) is 4.43 Å². The Kier molecular flexibility index (Phi) is 6.13. The molecule has 1 N–H and O–H groups in total. The smallest absolute Gasteiger partial charge is 0.294 e. The SMILES string of the molecule is C[C@@H](O[Si](C)(C)C(C)(C)C)[C@@H]1C(=O)N[C@@H]1S(=O)(=O)c1ccc([N+](=O)[O-])cc1[N+](=O)[O-]. The van der Waals surface area contributed by atoms with Gasteiger partial charge in [0.25, 0.3) is 11.4 Å². The fourth-order valence-corrected chi connectivity index (χ4v) is 6.34. The monoisotopic (exact) mass is 459 g/mol. The van der Waals surface area contributed by atoms with E-state index in [0.29, 0.717) is 6.07 Å². The van der Waals surface area contributed by atoms with Gasteiger partial charge in [-0.3, -0.25) is 25.0 Å². The molecule has 1 aliphatic rings. The Morgan fingerprint density at radius 2 is 1.73 bits per heavy atom. The fourth-order valence-electron chi connectivity index (χ4n) is 2.95. The van der Waals surface area contributed by atoms with Crippen molar-refractivity contribution >= 4 is 35.4 Å². The van der Waals surface area contributed by atoms with Crippen molar-refractivity contribution in [3.63, 3.8) is 0 Å². The largest absolute Gasteiger partial charge is 0.413 e. The molecule has 1 aromatic carbocycles. The number of β-lactam (4-membered cyclic amide) rings is 1. The summed E-state index contributed by atoms with van der Waals surface area (Å²) in [5.74, 6) is -1.58. The zero-order chi connectivity index (χ0) is 23.2. The molecule has 30 heavy (non-hydrogen) atoms. The number of nitro benzene ring substituents is 2.